The predicted octanol–water partition coefficient (Wildman–Crippen LogP) is 5.54. The van der Waals surface area contributed by atoms with E-state index >= 15 is 0 Å². The molecule has 0 unspecified atom stereocenters. The van der Waals surface area contributed by atoms with Gasteiger partial charge in [0.25, 0.3) is 0 Å². The maximum atomic E-state index is 14.9. The first-order chi connectivity index (χ1) is 18.5. The zero-order valence-corrected chi connectivity index (χ0v) is 21.0. The summed E-state index contributed by atoms with van der Waals surface area (Å²) in [6.07, 6.45) is 2.39. The van der Waals surface area contributed by atoms with Gasteiger partial charge in [-0.15, -0.1) is 0 Å². The standard InChI is InChI=1S/C29H25F2N5O2/c1-3-38-19-12-23(30)21(24(31)13-19)14-36-27-7-5-4-6-20(27)28(35-36)29-33-25(22-15-37-16-26(22)34-29)11-18-8-9-32-17(2)10-18/h4-10,12-13H,3,11,14-16H2,1-2H3. The lowest BCUT2D eigenvalue weighted by molar-refractivity contribution is 0.133. The highest BCUT2D eigenvalue weighted by molar-refractivity contribution is 5.91. The summed E-state index contributed by atoms with van der Waals surface area (Å²) in [4.78, 5) is 14.0. The highest BCUT2D eigenvalue weighted by atomic mass is 19.1. The summed E-state index contributed by atoms with van der Waals surface area (Å²) in [6.45, 7) is 4.80. The Morgan fingerprint density at radius 2 is 1.84 bits per heavy atom. The van der Waals surface area contributed by atoms with Crippen LogP contribution in [-0.4, -0.2) is 31.3 Å². The molecule has 0 fully saturated rings. The van der Waals surface area contributed by atoms with E-state index in [1.54, 1.807) is 17.8 Å². The molecule has 5 aromatic rings. The fourth-order valence-corrected chi connectivity index (χ4v) is 4.82. The molecular weight excluding hydrogens is 488 g/mol. The molecule has 0 saturated heterocycles. The molecular formula is C29H25F2N5O2. The third-order valence-corrected chi connectivity index (χ3v) is 6.60. The summed E-state index contributed by atoms with van der Waals surface area (Å²) < 4.78 is 42.3. The molecule has 3 aromatic heterocycles. The molecule has 0 spiro atoms. The summed E-state index contributed by atoms with van der Waals surface area (Å²) in [5.74, 6) is -0.758. The van der Waals surface area contributed by atoms with Crippen LogP contribution in [-0.2, 0) is 30.9 Å². The normalized spacial score (nSPS) is 12.7. The van der Waals surface area contributed by atoms with E-state index in [0.717, 1.165) is 39.1 Å². The molecule has 0 saturated carbocycles. The Balaban J connectivity index is 1.43. The third-order valence-electron chi connectivity index (χ3n) is 6.60. The van der Waals surface area contributed by atoms with Crippen molar-refractivity contribution < 1.29 is 18.3 Å². The van der Waals surface area contributed by atoms with Gasteiger partial charge in [-0.1, -0.05) is 18.2 Å². The number of halogens is 2. The number of ether oxygens (including phenoxy) is 2. The van der Waals surface area contributed by atoms with Crippen LogP contribution in [0.1, 0.15) is 40.7 Å². The average Bonchev–Trinajstić information content (AvgIpc) is 3.52. The zero-order valence-electron chi connectivity index (χ0n) is 21.0. The van der Waals surface area contributed by atoms with E-state index in [1.165, 1.54) is 12.1 Å². The molecule has 0 radical (unpaired) electrons. The number of benzene rings is 2. The number of aryl methyl sites for hydroxylation is 1. The van der Waals surface area contributed by atoms with Crippen LogP contribution in [0.4, 0.5) is 8.78 Å². The first kappa shape index (κ1) is 24.1. The van der Waals surface area contributed by atoms with Gasteiger partial charge in [0.1, 0.15) is 23.1 Å². The number of rotatable bonds is 7. The minimum atomic E-state index is -0.685. The molecule has 7 nitrogen and oxygen atoms in total. The molecule has 0 bridgehead atoms. The van der Waals surface area contributed by atoms with E-state index < -0.39 is 11.6 Å². The number of hydrogen-bond acceptors (Lipinski definition) is 6. The van der Waals surface area contributed by atoms with Gasteiger partial charge in [0.15, 0.2) is 5.82 Å². The number of fused-ring (bicyclic) bond motifs is 2. The lowest BCUT2D eigenvalue weighted by atomic mass is 10.0. The smallest absolute Gasteiger partial charge is 0.181 e. The Hall–Kier alpha value is -4.24. The van der Waals surface area contributed by atoms with Gasteiger partial charge in [-0.3, -0.25) is 9.67 Å². The van der Waals surface area contributed by atoms with Crippen LogP contribution in [0.25, 0.3) is 22.4 Å². The van der Waals surface area contributed by atoms with Crippen molar-refractivity contribution >= 4 is 10.9 Å². The molecule has 4 heterocycles. The summed E-state index contributed by atoms with van der Waals surface area (Å²) in [7, 11) is 0. The minimum absolute atomic E-state index is 0.0923. The van der Waals surface area contributed by atoms with Crippen molar-refractivity contribution in [3.8, 4) is 17.3 Å². The second-order valence-corrected chi connectivity index (χ2v) is 9.22. The molecule has 192 valence electrons. The van der Waals surface area contributed by atoms with E-state index in [-0.39, 0.29) is 17.9 Å². The fourth-order valence-electron chi connectivity index (χ4n) is 4.82. The summed E-state index contributed by atoms with van der Waals surface area (Å²) in [6, 6.07) is 14.0. The number of hydrogen-bond donors (Lipinski definition) is 0. The van der Waals surface area contributed by atoms with Crippen molar-refractivity contribution in [2.75, 3.05) is 6.61 Å². The molecule has 1 aliphatic rings. The predicted molar refractivity (Wildman–Crippen MR) is 138 cm³/mol. The Morgan fingerprint density at radius 3 is 2.63 bits per heavy atom. The van der Waals surface area contributed by atoms with Crippen molar-refractivity contribution in [2.24, 2.45) is 0 Å². The lowest BCUT2D eigenvalue weighted by Gasteiger charge is -2.10. The molecule has 38 heavy (non-hydrogen) atoms. The molecule has 0 aliphatic carbocycles. The topological polar surface area (TPSA) is 75.0 Å². The number of para-hydroxylation sites is 1. The van der Waals surface area contributed by atoms with Crippen LogP contribution < -0.4 is 4.74 Å². The average molecular weight is 514 g/mol. The highest BCUT2D eigenvalue weighted by Gasteiger charge is 2.24. The fraction of sp³-hybridized carbons (Fsp3) is 0.241. The van der Waals surface area contributed by atoms with Gasteiger partial charge < -0.3 is 9.47 Å². The molecule has 1 aliphatic heterocycles. The van der Waals surface area contributed by atoms with Gasteiger partial charge in [-0.25, -0.2) is 18.7 Å². The first-order valence-electron chi connectivity index (χ1n) is 12.4. The van der Waals surface area contributed by atoms with Gasteiger partial charge in [0.05, 0.1) is 43.3 Å². The van der Waals surface area contributed by atoms with Crippen molar-refractivity contribution in [1.82, 2.24) is 24.7 Å². The summed E-state index contributed by atoms with van der Waals surface area (Å²) >= 11 is 0. The second kappa shape index (κ2) is 9.90. The lowest BCUT2D eigenvalue weighted by Crippen LogP contribution is -2.08. The Bertz CT molecular complexity index is 1640. The van der Waals surface area contributed by atoms with E-state index in [1.807, 2.05) is 43.3 Å². The van der Waals surface area contributed by atoms with Gasteiger partial charge in [0, 0.05) is 47.0 Å². The van der Waals surface area contributed by atoms with Crippen LogP contribution in [0, 0.1) is 18.6 Å². The Labute approximate surface area is 218 Å². The van der Waals surface area contributed by atoms with Crippen LogP contribution in [0.15, 0.2) is 54.7 Å². The summed E-state index contributed by atoms with van der Waals surface area (Å²) in [5.41, 5.74) is 5.90. The number of nitrogens with zero attached hydrogens (tertiary/aromatic N) is 5. The Kier molecular flexibility index (Phi) is 6.29. The van der Waals surface area contributed by atoms with Crippen molar-refractivity contribution in [1.29, 1.82) is 0 Å². The molecule has 0 atom stereocenters. The molecule has 6 rings (SSSR count). The molecule has 2 aromatic carbocycles. The van der Waals surface area contributed by atoms with Gasteiger partial charge in [0.2, 0.25) is 0 Å². The van der Waals surface area contributed by atoms with E-state index in [2.05, 4.69) is 4.98 Å². The van der Waals surface area contributed by atoms with Crippen LogP contribution in [0.5, 0.6) is 5.75 Å². The SMILES string of the molecule is CCOc1cc(F)c(Cn2nc(-c3nc4c(c(Cc5ccnc(C)c5)n3)COC4)c3ccccc32)c(F)c1. The maximum absolute atomic E-state index is 14.9. The number of pyridine rings is 1. The van der Waals surface area contributed by atoms with Crippen LogP contribution >= 0.6 is 0 Å². The van der Waals surface area contributed by atoms with E-state index in [9.17, 15) is 8.78 Å². The third kappa shape index (κ3) is 4.50. The minimum Gasteiger partial charge on any atom is -0.494 e. The zero-order chi connectivity index (χ0) is 26.2. The van der Waals surface area contributed by atoms with Crippen molar-refractivity contribution in [2.45, 2.75) is 40.0 Å². The monoisotopic (exact) mass is 513 g/mol. The molecule has 9 heteroatoms. The van der Waals surface area contributed by atoms with Crippen LogP contribution in [0.2, 0.25) is 0 Å². The first-order valence-corrected chi connectivity index (χ1v) is 12.4. The number of aromatic nitrogens is 5. The van der Waals surface area contributed by atoms with Crippen LogP contribution in [0.3, 0.4) is 0 Å². The van der Waals surface area contributed by atoms with Gasteiger partial charge in [-0.05, 0) is 37.6 Å². The largest absolute Gasteiger partial charge is 0.494 e. The quantitative estimate of drug-likeness (QED) is 0.284. The van der Waals surface area contributed by atoms with Crippen molar-refractivity contribution in [3.05, 3.63) is 100 Å². The molecule has 0 N–H and O–H groups in total. The van der Waals surface area contributed by atoms with E-state index in [4.69, 9.17) is 24.5 Å². The van der Waals surface area contributed by atoms with Crippen molar-refractivity contribution in [3.63, 3.8) is 0 Å². The highest BCUT2D eigenvalue weighted by Crippen LogP contribution is 2.31. The Morgan fingerprint density at radius 1 is 1.03 bits per heavy atom. The van der Waals surface area contributed by atoms with Gasteiger partial charge >= 0.3 is 0 Å². The van der Waals surface area contributed by atoms with Gasteiger partial charge in [-0.2, -0.15) is 5.10 Å². The molecule has 0 amide bonds. The van der Waals surface area contributed by atoms with E-state index in [0.29, 0.717) is 37.8 Å². The maximum Gasteiger partial charge on any atom is 0.181 e. The second-order valence-electron chi connectivity index (χ2n) is 9.22. The summed E-state index contributed by atoms with van der Waals surface area (Å²) in [5, 5.41) is 5.56.